The second-order valence-electron chi connectivity index (χ2n) is 6.38. The van der Waals surface area contributed by atoms with Crippen LogP contribution in [-0.2, 0) is 17.8 Å². The van der Waals surface area contributed by atoms with Crippen LogP contribution in [0.15, 0.2) is 41.5 Å². The summed E-state index contributed by atoms with van der Waals surface area (Å²) in [5, 5.41) is 0. The molecule has 2 heterocycles. The van der Waals surface area contributed by atoms with Gasteiger partial charge in [-0.3, -0.25) is 14.2 Å². The van der Waals surface area contributed by atoms with Crippen LogP contribution >= 0.6 is 0 Å². The minimum atomic E-state index is -0.183. The highest BCUT2D eigenvalue weighted by atomic mass is 16.2. The lowest BCUT2D eigenvalue weighted by Crippen LogP contribution is -2.40. The molecule has 0 saturated heterocycles. The molecular formula is C18H21N3O2. The number of fused-ring (bicyclic) bond motifs is 1. The number of benzene rings is 1. The minimum Gasteiger partial charge on any atom is -0.307 e. The summed E-state index contributed by atoms with van der Waals surface area (Å²) in [6.45, 7) is 6.02. The molecule has 0 spiro atoms. The van der Waals surface area contributed by atoms with Gasteiger partial charge in [-0.25, -0.2) is 4.98 Å². The van der Waals surface area contributed by atoms with Crippen molar-refractivity contribution in [1.82, 2.24) is 9.55 Å². The van der Waals surface area contributed by atoms with Crippen LogP contribution in [0.25, 0.3) is 0 Å². The molecule has 0 saturated carbocycles. The summed E-state index contributed by atoms with van der Waals surface area (Å²) in [6.07, 6.45) is 2.32. The van der Waals surface area contributed by atoms with Crippen molar-refractivity contribution in [3.63, 3.8) is 0 Å². The smallest absolute Gasteiger partial charge is 0.254 e. The first-order valence-electron chi connectivity index (χ1n) is 7.93. The van der Waals surface area contributed by atoms with Crippen LogP contribution in [0.2, 0.25) is 0 Å². The van der Waals surface area contributed by atoms with Crippen LogP contribution in [0.3, 0.4) is 0 Å². The maximum atomic E-state index is 12.7. The summed E-state index contributed by atoms with van der Waals surface area (Å²) in [7, 11) is 0. The number of amides is 1. The second kappa shape index (κ2) is 5.99. The van der Waals surface area contributed by atoms with Gasteiger partial charge in [-0.2, -0.15) is 0 Å². The Bertz CT molecular complexity index is 795. The van der Waals surface area contributed by atoms with Crippen LogP contribution in [0.1, 0.15) is 37.9 Å². The molecule has 3 rings (SSSR count). The van der Waals surface area contributed by atoms with Crippen LogP contribution < -0.4 is 10.5 Å². The third-order valence-electron chi connectivity index (χ3n) is 4.27. The number of para-hydroxylation sites is 1. The fourth-order valence-electron chi connectivity index (χ4n) is 3.04. The van der Waals surface area contributed by atoms with Gasteiger partial charge in [0, 0.05) is 17.8 Å². The summed E-state index contributed by atoms with van der Waals surface area (Å²) in [6, 6.07) is 9.54. The van der Waals surface area contributed by atoms with Gasteiger partial charge < -0.3 is 4.90 Å². The van der Waals surface area contributed by atoms with Gasteiger partial charge in [0.2, 0.25) is 5.91 Å². The summed E-state index contributed by atoms with van der Waals surface area (Å²) in [4.78, 5) is 30.9. The maximum Gasteiger partial charge on any atom is 0.254 e. The zero-order chi connectivity index (χ0) is 16.6. The molecule has 1 aromatic heterocycles. The Kier molecular flexibility index (Phi) is 4.03. The molecule has 0 N–H and O–H groups in total. The molecule has 1 unspecified atom stereocenters. The molecule has 1 atom stereocenters. The van der Waals surface area contributed by atoms with E-state index in [0.717, 1.165) is 17.8 Å². The van der Waals surface area contributed by atoms with Crippen molar-refractivity contribution in [3.05, 3.63) is 58.3 Å². The normalized spacial score (nSPS) is 16.7. The lowest BCUT2D eigenvalue weighted by atomic mass is 10.1. The van der Waals surface area contributed by atoms with E-state index in [1.165, 1.54) is 22.5 Å². The predicted octanol–water partition coefficient (Wildman–Crippen LogP) is 2.34. The summed E-state index contributed by atoms with van der Waals surface area (Å²) in [5.74, 6) is 0.113. The van der Waals surface area contributed by atoms with Crippen molar-refractivity contribution in [2.45, 2.75) is 45.7 Å². The highest BCUT2D eigenvalue weighted by Gasteiger charge is 2.30. The van der Waals surface area contributed by atoms with Crippen LogP contribution in [0.4, 0.5) is 5.69 Å². The molecule has 23 heavy (non-hydrogen) atoms. The Labute approximate surface area is 135 Å². The standard InChI is InChI=1S/C18H21N3O2/c1-12(2)15-9-17(22)20(11-19-15)10-18(23)21-13(3)8-14-6-4-5-7-16(14)21/h4-7,9,11-13H,8,10H2,1-3H3. The Hall–Kier alpha value is -2.43. The van der Waals surface area contributed by atoms with Crippen LogP contribution in [0.5, 0.6) is 0 Å². The van der Waals surface area contributed by atoms with Gasteiger partial charge in [0.05, 0.1) is 12.0 Å². The predicted molar refractivity (Wildman–Crippen MR) is 89.7 cm³/mol. The van der Waals surface area contributed by atoms with E-state index in [4.69, 9.17) is 0 Å². The third-order valence-corrected chi connectivity index (χ3v) is 4.27. The molecule has 2 aromatic rings. The Morgan fingerprint density at radius 3 is 2.78 bits per heavy atom. The zero-order valence-corrected chi connectivity index (χ0v) is 13.7. The molecule has 5 heteroatoms. The number of anilines is 1. The van der Waals surface area contributed by atoms with Gasteiger partial charge in [0.15, 0.2) is 0 Å². The van der Waals surface area contributed by atoms with E-state index in [9.17, 15) is 9.59 Å². The van der Waals surface area contributed by atoms with Gasteiger partial charge in [-0.15, -0.1) is 0 Å². The van der Waals surface area contributed by atoms with Gasteiger partial charge in [-0.1, -0.05) is 32.0 Å². The van der Waals surface area contributed by atoms with Crippen LogP contribution in [-0.4, -0.2) is 21.5 Å². The highest BCUT2D eigenvalue weighted by molar-refractivity contribution is 5.96. The molecule has 1 aliphatic heterocycles. The van der Waals surface area contributed by atoms with Gasteiger partial charge >= 0.3 is 0 Å². The maximum absolute atomic E-state index is 12.7. The number of nitrogens with zero attached hydrogens (tertiary/aromatic N) is 3. The first-order valence-corrected chi connectivity index (χ1v) is 7.93. The first-order chi connectivity index (χ1) is 11.0. The number of carbonyl (C=O) groups is 1. The lowest BCUT2D eigenvalue weighted by Gasteiger charge is -2.23. The Morgan fingerprint density at radius 1 is 1.35 bits per heavy atom. The van der Waals surface area contributed by atoms with E-state index < -0.39 is 0 Å². The second-order valence-corrected chi connectivity index (χ2v) is 6.38. The first kappa shape index (κ1) is 15.5. The average molecular weight is 311 g/mol. The molecule has 0 bridgehead atoms. The van der Waals surface area contributed by atoms with Crippen molar-refractivity contribution in [1.29, 1.82) is 0 Å². The fraction of sp³-hybridized carbons (Fsp3) is 0.389. The minimum absolute atomic E-state index is 0.0167. The zero-order valence-electron chi connectivity index (χ0n) is 13.7. The topological polar surface area (TPSA) is 55.2 Å². The van der Waals surface area contributed by atoms with Crippen molar-refractivity contribution in [3.8, 4) is 0 Å². The molecular weight excluding hydrogens is 290 g/mol. The summed E-state index contributed by atoms with van der Waals surface area (Å²) < 4.78 is 1.38. The number of carbonyl (C=O) groups excluding carboxylic acids is 1. The third kappa shape index (κ3) is 2.91. The molecule has 5 nitrogen and oxygen atoms in total. The fourth-order valence-corrected chi connectivity index (χ4v) is 3.04. The van der Waals surface area contributed by atoms with Crippen LogP contribution in [0, 0.1) is 0 Å². The summed E-state index contributed by atoms with van der Waals surface area (Å²) in [5.41, 5.74) is 2.69. The number of aromatic nitrogens is 2. The molecule has 0 radical (unpaired) electrons. The Balaban J connectivity index is 1.84. The average Bonchev–Trinajstić information content (AvgIpc) is 2.84. The van der Waals surface area contributed by atoms with Gasteiger partial charge in [0.25, 0.3) is 5.56 Å². The number of hydrogen-bond donors (Lipinski definition) is 0. The quantitative estimate of drug-likeness (QED) is 0.874. The molecule has 120 valence electrons. The van der Waals surface area contributed by atoms with E-state index in [-0.39, 0.29) is 30.0 Å². The van der Waals surface area contributed by atoms with E-state index in [1.54, 1.807) is 4.90 Å². The molecule has 0 fully saturated rings. The van der Waals surface area contributed by atoms with Gasteiger partial charge in [-0.05, 0) is 30.9 Å². The molecule has 1 aliphatic rings. The largest absolute Gasteiger partial charge is 0.307 e. The summed E-state index contributed by atoms with van der Waals surface area (Å²) >= 11 is 0. The molecule has 1 aromatic carbocycles. The number of hydrogen-bond acceptors (Lipinski definition) is 3. The van der Waals surface area contributed by atoms with Gasteiger partial charge in [0.1, 0.15) is 6.54 Å². The van der Waals surface area contributed by atoms with E-state index in [1.807, 2.05) is 45.0 Å². The van der Waals surface area contributed by atoms with Crippen molar-refractivity contribution in [2.75, 3.05) is 4.90 Å². The van der Waals surface area contributed by atoms with Crippen molar-refractivity contribution >= 4 is 11.6 Å². The number of rotatable bonds is 3. The van der Waals surface area contributed by atoms with E-state index in [2.05, 4.69) is 4.98 Å². The monoisotopic (exact) mass is 311 g/mol. The molecule has 0 aliphatic carbocycles. The SMILES string of the molecule is CC(C)c1cc(=O)n(CC(=O)N2c3ccccc3CC2C)cn1. The van der Waals surface area contributed by atoms with Crippen molar-refractivity contribution < 1.29 is 4.79 Å². The molecule has 1 amide bonds. The van der Waals surface area contributed by atoms with E-state index in [0.29, 0.717) is 0 Å². The lowest BCUT2D eigenvalue weighted by molar-refractivity contribution is -0.119. The van der Waals surface area contributed by atoms with Crippen molar-refractivity contribution in [2.24, 2.45) is 0 Å². The highest BCUT2D eigenvalue weighted by Crippen LogP contribution is 2.31. The Morgan fingerprint density at radius 2 is 2.09 bits per heavy atom. The van der Waals surface area contributed by atoms with E-state index >= 15 is 0 Å².